The normalized spacial score (nSPS) is 13.0. The maximum absolute atomic E-state index is 8.57. The molecule has 0 aliphatic carbocycles. The summed E-state index contributed by atoms with van der Waals surface area (Å²) in [6.45, 7) is 0. The summed E-state index contributed by atoms with van der Waals surface area (Å²) in [5.74, 6) is 0. The third-order valence-electron chi connectivity index (χ3n) is 1.93. The van der Waals surface area contributed by atoms with E-state index in [0.717, 1.165) is 24.4 Å². The minimum absolute atomic E-state index is 0. The highest BCUT2D eigenvalue weighted by atomic mass is 16.2. The minimum Gasteiger partial charge on any atom is -0.516 e. The molecule has 0 amide bonds. The Morgan fingerprint density at radius 2 is 1.41 bits per heavy atom. The maximum Gasteiger partial charge on any atom is 0.0755 e. The summed E-state index contributed by atoms with van der Waals surface area (Å²) >= 11 is 0. The summed E-state index contributed by atoms with van der Waals surface area (Å²) in [5.41, 5.74) is 6.79. The second-order valence-corrected chi connectivity index (χ2v) is 3.29. The number of hydrogen-bond donors (Lipinski definition) is 4. The van der Waals surface area contributed by atoms with Gasteiger partial charge in [-0.05, 0) is 37.5 Å². The van der Waals surface area contributed by atoms with Crippen LogP contribution in [-0.4, -0.2) is 26.8 Å². The molecule has 7 N–H and O–H groups in total. The van der Waals surface area contributed by atoms with Gasteiger partial charge >= 0.3 is 0 Å². The van der Waals surface area contributed by atoms with Crippen molar-refractivity contribution in [2.45, 2.75) is 25.3 Å². The van der Waals surface area contributed by atoms with Crippen molar-refractivity contribution in [3.63, 3.8) is 0 Å². The molecule has 5 heteroatoms. The van der Waals surface area contributed by atoms with Gasteiger partial charge < -0.3 is 26.5 Å². The topological polar surface area (TPSA) is 118 Å². The van der Waals surface area contributed by atoms with Crippen LogP contribution in [0.25, 0.3) is 0 Å². The molecule has 0 radical (unpaired) electrons. The van der Waals surface area contributed by atoms with E-state index in [1.165, 1.54) is 0 Å². The lowest BCUT2D eigenvalue weighted by atomic mass is 10.0. The molecule has 0 aliphatic heterocycles. The molecule has 5 nitrogen and oxygen atoms in total. The van der Waals surface area contributed by atoms with E-state index in [1.807, 2.05) is 6.08 Å². The summed E-state index contributed by atoms with van der Waals surface area (Å²) in [5, 5.41) is 25.6. The standard InChI is InChI=1S/C12H19NO3.H2O/c13-12(6-3-9-16)10-11(4-1-7-14)5-2-8-15;/h1-3,7-10,12,14-16H,4-6,13H2;1H2. The van der Waals surface area contributed by atoms with Gasteiger partial charge in [-0.3, -0.25) is 0 Å². The highest BCUT2D eigenvalue weighted by molar-refractivity contribution is 5.14. The first kappa shape index (κ1) is 17.7. The predicted molar refractivity (Wildman–Crippen MR) is 68.8 cm³/mol. The van der Waals surface area contributed by atoms with Crippen LogP contribution in [-0.2, 0) is 0 Å². The smallest absolute Gasteiger partial charge is 0.0755 e. The third kappa shape index (κ3) is 10.6. The summed E-state index contributed by atoms with van der Waals surface area (Å²) in [4.78, 5) is 0. The largest absolute Gasteiger partial charge is 0.516 e. The van der Waals surface area contributed by atoms with Crippen molar-refractivity contribution in [2.24, 2.45) is 5.73 Å². The van der Waals surface area contributed by atoms with Crippen molar-refractivity contribution < 1.29 is 20.8 Å². The molecule has 0 aromatic rings. The van der Waals surface area contributed by atoms with Gasteiger partial charge in [0.25, 0.3) is 0 Å². The van der Waals surface area contributed by atoms with E-state index in [1.54, 1.807) is 18.2 Å². The lowest BCUT2D eigenvalue weighted by Crippen LogP contribution is -2.16. The van der Waals surface area contributed by atoms with Crippen LogP contribution < -0.4 is 5.73 Å². The molecule has 1 atom stereocenters. The Balaban J connectivity index is 0. The third-order valence-corrected chi connectivity index (χ3v) is 1.93. The van der Waals surface area contributed by atoms with Crippen LogP contribution in [0.2, 0.25) is 0 Å². The fraction of sp³-hybridized carbons (Fsp3) is 0.333. The predicted octanol–water partition coefficient (Wildman–Crippen LogP) is 1.80. The Kier molecular flexibility index (Phi) is 12.8. The van der Waals surface area contributed by atoms with Crippen molar-refractivity contribution in [3.8, 4) is 0 Å². The number of hydrogen-bond acceptors (Lipinski definition) is 4. The van der Waals surface area contributed by atoms with Crippen molar-refractivity contribution in [1.82, 2.24) is 0 Å². The Bertz CT molecular complexity index is 266. The SMILES string of the molecule is NC(C=C(CC=CO)CC=CO)CC=CO.O. The highest BCUT2D eigenvalue weighted by Gasteiger charge is 1.99. The Morgan fingerprint density at radius 1 is 0.941 bits per heavy atom. The summed E-state index contributed by atoms with van der Waals surface area (Å²) in [7, 11) is 0. The minimum atomic E-state index is -0.183. The van der Waals surface area contributed by atoms with Crippen LogP contribution in [0.1, 0.15) is 19.3 Å². The zero-order chi connectivity index (χ0) is 12.2. The molecule has 0 spiro atoms. The number of aliphatic hydroxyl groups excluding tert-OH is 3. The van der Waals surface area contributed by atoms with Crippen LogP contribution in [0.15, 0.2) is 48.7 Å². The molecule has 1 unspecified atom stereocenters. The van der Waals surface area contributed by atoms with Crippen LogP contribution in [0.3, 0.4) is 0 Å². The highest BCUT2D eigenvalue weighted by Crippen LogP contribution is 2.10. The molecular weight excluding hydrogens is 222 g/mol. The number of aliphatic hydroxyl groups is 3. The zero-order valence-corrected chi connectivity index (χ0v) is 9.66. The van der Waals surface area contributed by atoms with E-state index < -0.39 is 0 Å². The van der Waals surface area contributed by atoms with Gasteiger partial charge in [0.05, 0.1) is 18.8 Å². The van der Waals surface area contributed by atoms with Crippen molar-refractivity contribution in [2.75, 3.05) is 0 Å². The van der Waals surface area contributed by atoms with Crippen LogP contribution >= 0.6 is 0 Å². The molecule has 0 saturated heterocycles. The second kappa shape index (κ2) is 12.4. The average molecular weight is 243 g/mol. The molecule has 0 heterocycles. The van der Waals surface area contributed by atoms with Crippen molar-refractivity contribution in [3.05, 3.63) is 48.7 Å². The molecule has 0 saturated carbocycles. The summed E-state index contributed by atoms with van der Waals surface area (Å²) < 4.78 is 0. The molecule has 98 valence electrons. The first-order valence-electron chi connectivity index (χ1n) is 5.07. The Hall–Kier alpha value is -1.72. The van der Waals surface area contributed by atoms with Gasteiger partial charge in [0.1, 0.15) is 0 Å². The zero-order valence-electron chi connectivity index (χ0n) is 9.66. The lowest BCUT2D eigenvalue weighted by Gasteiger charge is -2.06. The number of rotatable bonds is 7. The van der Waals surface area contributed by atoms with E-state index in [2.05, 4.69) is 0 Å². The van der Waals surface area contributed by atoms with E-state index in [-0.39, 0.29) is 11.5 Å². The van der Waals surface area contributed by atoms with E-state index >= 15 is 0 Å². The first-order valence-corrected chi connectivity index (χ1v) is 5.07. The number of allylic oxidation sites excluding steroid dienone is 3. The Morgan fingerprint density at radius 3 is 1.82 bits per heavy atom. The van der Waals surface area contributed by atoms with Gasteiger partial charge in [-0.1, -0.05) is 11.6 Å². The monoisotopic (exact) mass is 243 g/mol. The molecule has 0 bridgehead atoms. The first-order chi connectivity index (χ1) is 7.74. The lowest BCUT2D eigenvalue weighted by molar-refractivity contribution is 0.470. The van der Waals surface area contributed by atoms with E-state index in [9.17, 15) is 0 Å². The fourth-order valence-corrected chi connectivity index (χ4v) is 1.22. The molecule has 17 heavy (non-hydrogen) atoms. The molecule has 0 fully saturated rings. The van der Waals surface area contributed by atoms with Crippen LogP contribution in [0.4, 0.5) is 0 Å². The molecule has 0 rings (SSSR count). The van der Waals surface area contributed by atoms with Gasteiger partial charge in [-0.2, -0.15) is 0 Å². The Labute approximate surface area is 101 Å². The summed E-state index contributed by atoms with van der Waals surface area (Å²) in [6.07, 6.45) is 11.3. The number of nitrogens with two attached hydrogens (primary N) is 1. The molecule has 0 aromatic carbocycles. The van der Waals surface area contributed by atoms with E-state index in [4.69, 9.17) is 21.1 Å². The molecule has 0 aromatic heterocycles. The van der Waals surface area contributed by atoms with E-state index in [0.29, 0.717) is 19.3 Å². The summed E-state index contributed by atoms with van der Waals surface area (Å²) in [6, 6.07) is -0.183. The van der Waals surface area contributed by atoms with Crippen LogP contribution in [0.5, 0.6) is 0 Å². The molecule has 0 aliphatic rings. The second-order valence-electron chi connectivity index (χ2n) is 3.29. The van der Waals surface area contributed by atoms with Gasteiger partial charge in [-0.25, -0.2) is 0 Å². The van der Waals surface area contributed by atoms with Gasteiger partial charge in [0.15, 0.2) is 0 Å². The van der Waals surface area contributed by atoms with Crippen molar-refractivity contribution in [1.29, 1.82) is 0 Å². The van der Waals surface area contributed by atoms with Crippen LogP contribution in [0, 0.1) is 0 Å². The quantitative estimate of drug-likeness (QED) is 0.402. The van der Waals surface area contributed by atoms with Crippen molar-refractivity contribution >= 4 is 0 Å². The fourth-order valence-electron chi connectivity index (χ4n) is 1.22. The van der Waals surface area contributed by atoms with Gasteiger partial charge in [-0.15, -0.1) is 0 Å². The maximum atomic E-state index is 8.57. The average Bonchev–Trinajstić information content (AvgIpc) is 2.30. The van der Waals surface area contributed by atoms with Gasteiger partial charge in [0, 0.05) is 6.04 Å². The van der Waals surface area contributed by atoms with Gasteiger partial charge in [0.2, 0.25) is 0 Å². The molecular formula is C12H21NO4.